The molecule has 3 unspecified atom stereocenters. The average Bonchev–Trinajstić information content (AvgIpc) is 3.13. The average molecular weight is 403 g/mol. The first-order valence-electron chi connectivity index (χ1n) is 9.20. The van der Waals surface area contributed by atoms with Gasteiger partial charge in [0.1, 0.15) is 11.5 Å². The van der Waals surface area contributed by atoms with E-state index in [-0.39, 0.29) is 35.5 Å². The van der Waals surface area contributed by atoms with Gasteiger partial charge in [0.05, 0.1) is 24.2 Å². The Morgan fingerprint density at radius 1 is 1.34 bits per heavy atom. The molecule has 4 N–H and O–H groups in total. The summed E-state index contributed by atoms with van der Waals surface area (Å²) in [6.07, 6.45) is 1.84. The van der Waals surface area contributed by atoms with Gasteiger partial charge < -0.3 is 20.7 Å². The lowest BCUT2D eigenvalue weighted by Crippen LogP contribution is -2.43. The van der Waals surface area contributed by atoms with E-state index in [2.05, 4.69) is 20.4 Å². The fourth-order valence-electron chi connectivity index (χ4n) is 3.11. The van der Waals surface area contributed by atoms with Gasteiger partial charge in [0.25, 0.3) is 0 Å². The second-order valence-electron chi connectivity index (χ2n) is 7.30. The summed E-state index contributed by atoms with van der Waals surface area (Å²) in [5.41, 5.74) is 6.86. The number of carboxylic acids is 1. The van der Waals surface area contributed by atoms with Crippen molar-refractivity contribution in [2.24, 2.45) is 17.6 Å². The molecule has 3 rings (SSSR count). The summed E-state index contributed by atoms with van der Waals surface area (Å²) in [5.74, 6) is -1.33. The van der Waals surface area contributed by atoms with Crippen LogP contribution in [0.4, 0.5) is 4.39 Å². The van der Waals surface area contributed by atoms with Gasteiger partial charge in [0, 0.05) is 5.70 Å². The highest BCUT2D eigenvalue weighted by Crippen LogP contribution is 2.32. The minimum atomic E-state index is -1.04. The Morgan fingerprint density at radius 2 is 2.07 bits per heavy atom. The second-order valence-corrected chi connectivity index (χ2v) is 7.30. The number of nitrogens with one attached hydrogen (secondary N) is 1. The molecular formula is C19H22FN5O4. The predicted molar refractivity (Wildman–Crippen MR) is 99.5 cm³/mol. The molecular weight excluding hydrogens is 381 g/mol. The van der Waals surface area contributed by atoms with Crippen molar-refractivity contribution >= 4 is 11.9 Å². The molecule has 3 atom stereocenters. The topological polar surface area (TPSA) is 144 Å². The van der Waals surface area contributed by atoms with Crippen molar-refractivity contribution in [1.82, 2.24) is 20.4 Å². The van der Waals surface area contributed by atoms with Gasteiger partial charge in [-0.2, -0.15) is 4.98 Å². The fourth-order valence-corrected chi connectivity index (χ4v) is 3.11. The number of pyridine rings is 1. The molecule has 1 aliphatic carbocycles. The maximum absolute atomic E-state index is 13.0. The van der Waals surface area contributed by atoms with E-state index in [0.717, 1.165) is 6.20 Å². The molecule has 0 radical (unpaired) electrons. The first-order valence-corrected chi connectivity index (χ1v) is 9.20. The molecule has 0 spiro atoms. The zero-order chi connectivity index (χ0) is 21.1. The molecule has 154 valence electrons. The number of aromatic nitrogens is 3. The highest BCUT2D eigenvalue weighted by molar-refractivity contribution is 5.90. The van der Waals surface area contributed by atoms with Crippen LogP contribution in [0.15, 0.2) is 34.1 Å². The summed E-state index contributed by atoms with van der Waals surface area (Å²) >= 11 is 0. The molecule has 0 aromatic carbocycles. The third kappa shape index (κ3) is 4.83. The number of nitrogens with two attached hydrogens (primary N) is 1. The monoisotopic (exact) mass is 403 g/mol. The highest BCUT2D eigenvalue weighted by atomic mass is 19.1. The van der Waals surface area contributed by atoms with Crippen LogP contribution in [-0.2, 0) is 16.0 Å². The van der Waals surface area contributed by atoms with E-state index in [0.29, 0.717) is 24.2 Å². The number of nitrogens with zero attached hydrogens (tertiary/aromatic N) is 3. The Morgan fingerprint density at radius 3 is 2.72 bits per heavy atom. The maximum Gasteiger partial charge on any atom is 0.333 e. The van der Waals surface area contributed by atoms with Gasteiger partial charge in [0.2, 0.25) is 17.6 Å². The summed E-state index contributed by atoms with van der Waals surface area (Å²) in [6, 6.07) is 1.61. The molecule has 2 heterocycles. The summed E-state index contributed by atoms with van der Waals surface area (Å²) in [6.45, 7) is 4.00. The van der Waals surface area contributed by atoms with Crippen molar-refractivity contribution in [3.05, 3.63) is 41.3 Å². The van der Waals surface area contributed by atoms with Crippen molar-refractivity contribution in [1.29, 1.82) is 0 Å². The third-order valence-corrected chi connectivity index (χ3v) is 5.08. The van der Waals surface area contributed by atoms with Crippen LogP contribution in [0.5, 0.6) is 0 Å². The lowest BCUT2D eigenvalue weighted by atomic mass is 9.80. The van der Waals surface area contributed by atoms with Gasteiger partial charge in [-0.1, -0.05) is 19.0 Å². The molecule has 0 aliphatic heterocycles. The standard InChI is InChI=1S/C19H22FN5O4/c1-9-5-12(19(27)28)15(6-10(9)2)23-18(26)13(21)7-16-24-17(25-29-16)14-4-3-11(20)8-22-14/h3-4,8-10,13H,5-7,21H2,1-2H3,(H,23,26)(H,27,28). The molecule has 1 amide bonds. The van der Waals surface area contributed by atoms with E-state index in [1.54, 1.807) is 0 Å². The van der Waals surface area contributed by atoms with E-state index in [1.165, 1.54) is 12.1 Å². The summed E-state index contributed by atoms with van der Waals surface area (Å²) in [4.78, 5) is 32.0. The van der Waals surface area contributed by atoms with Crippen LogP contribution in [0.2, 0.25) is 0 Å². The molecule has 0 saturated carbocycles. The number of aliphatic carboxylic acids is 1. The van der Waals surface area contributed by atoms with Crippen molar-refractivity contribution in [3.63, 3.8) is 0 Å². The number of rotatable bonds is 6. The first kappa shape index (κ1) is 20.6. The van der Waals surface area contributed by atoms with Crippen molar-refractivity contribution in [2.75, 3.05) is 0 Å². The smallest absolute Gasteiger partial charge is 0.333 e. The molecule has 0 saturated heterocycles. The van der Waals surface area contributed by atoms with Crippen LogP contribution in [-0.4, -0.2) is 38.1 Å². The minimum absolute atomic E-state index is 0.0400. The molecule has 29 heavy (non-hydrogen) atoms. The van der Waals surface area contributed by atoms with Crippen LogP contribution >= 0.6 is 0 Å². The van der Waals surface area contributed by atoms with E-state index in [9.17, 15) is 19.1 Å². The highest BCUT2D eigenvalue weighted by Gasteiger charge is 2.30. The number of carbonyl (C=O) groups excluding carboxylic acids is 1. The Balaban J connectivity index is 1.67. The fraction of sp³-hybridized carbons (Fsp3) is 0.421. The van der Waals surface area contributed by atoms with E-state index in [1.807, 2.05) is 13.8 Å². The SMILES string of the molecule is CC1CC(NC(=O)C(N)Cc2nc(-c3ccc(F)cn3)no2)=C(C(=O)O)CC1C. The van der Waals surface area contributed by atoms with Crippen LogP contribution in [0.25, 0.3) is 11.5 Å². The first-order chi connectivity index (χ1) is 13.7. The van der Waals surface area contributed by atoms with Gasteiger partial charge >= 0.3 is 5.97 Å². The normalized spacial score (nSPS) is 20.4. The van der Waals surface area contributed by atoms with Crippen molar-refractivity contribution < 1.29 is 23.6 Å². The molecule has 0 bridgehead atoms. The Labute approximate surface area is 166 Å². The van der Waals surface area contributed by atoms with Crippen LogP contribution in [0, 0.1) is 17.7 Å². The van der Waals surface area contributed by atoms with Crippen LogP contribution in [0.1, 0.15) is 32.6 Å². The Bertz CT molecular complexity index is 940. The van der Waals surface area contributed by atoms with Gasteiger partial charge in [-0.3, -0.25) is 4.79 Å². The minimum Gasteiger partial charge on any atom is -0.478 e. The van der Waals surface area contributed by atoms with Crippen molar-refractivity contribution in [2.45, 2.75) is 39.2 Å². The molecule has 10 heteroatoms. The van der Waals surface area contributed by atoms with Crippen molar-refractivity contribution in [3.8, 4) is 11.5 Å². The van der Waals surface area contributed by atoms with Crippen LogP contribution < -0.4 is 11.1 Å². The third-order valence-electron chi connectivity index (χ3n) is 5.08. The lowest BCUT2D eigenvalue weighted by molar-refractivity contribution is -0.133. The predicted octanol–water partition coefficient (Wildman–Crippen LogP) is 1.66. The summed E-state index contributed by atoms with van der Waals surface area (Å²) < 4.78 is 18.0. The number of carboxylic acid groups (broad SMARTS) is 1. The number of carbonyl (C=O) groups is 2. The van der Waals surface area contributed by atoms with Gasteiger partial charge in [-0.05, 0) is 36.8 Å². The van der Waals surface area contributed by atoms with E-state index in [4.69, 9.17) is 10.3 Å². The zero-order valence-corrected chi connectivity index (χ0v) is 16.1. The molecule has 9 nitrogen and oxygen atoms in total. The van der Waals surface area contributed by atoms with Gasteiger partial charge in [-0.25, -0.2) is 14.2 Å². The number of amides is 1. The maximum atomic E-state index is 13.0. The quantitative estimate of drug-likeness (QED) is 0.660. The molecule has 2 aromatic heterocycles. The van der Waals surface area contributed by atoms with E-state index < -0.39 is 23.7 Å². The van der Waals surface area contributed by atoms with Gasteiger partial charge in [-0.15, -0.1) is 0 Å². The number of halogens is 1. The zero-order valence-electron chi connectivity index (χ0n) is 16.1. The van der Waals surface area contributed by atoms with E-state index >= 15 is 0 Å². The number of hydrogen-bond donors (Lipinski definition) is 3. The molecule has 0 fully saturated rings. The summed E-state index contributed by atoms with van der Waals surface area (Å²) in [5, 5.41) is 15.8. The Kier molecular flexibility index (Phi) is 6.02. The molecule has 2 aromatic rings. The molecule has 1 aliphatic rings. The summed E-state index contributed by atoms with van der Waals surface area (Å²) in [7, 11) is 0. The largest absolute Gasteiger partial charge is 0.478 e. The van der Waals surface area contributed by atoms with Gasteiger partial charge in [0.15, 0.2) is 0 Å². The van der Waals surface area contributed by atoms with Crippen LogP contribution in [0.3, 0.4) is 0 Å². The second kappa shape index (κ2) is 8.48. The number of hydrogen-bond acceptors (Lipinski definition) is 7. The number of allylic oxidation sites excluding steroid dienone is 1. The Hall–Kier alpha value is -3.14. The lowest BCUT2D eigenvalue weighted by Gasteiger charge is -2.29.